The van der Waals surface area contributed by atoms with Crippen LogP contribution in [0.2, 0.25) is 0 Å². The first-order valence-corrected chi connectivity index (χ1v) is 3.99. The summed E-state index contributed by atoms with van der Waals surface area (Å²) in [4.78, 5) is 0. The monoisotopic (exact) mass is 252 g/mol. The molecule has 4 heteroatoms. The molecule has 0 radical (unpaired) electrons. The summed E-state index contributed by atoms with van der Waals surface area (Å²) in [5, 5.41) is 2.91. The van der Waals surface area contributed by atoms with E-state index in [-0.39, 0.29) is 0 Å². The largest absolute Gasteiger partial charge is 0.360 e. The Hall–Kier alpha value is 0.200. The van der Waals surface area contributed by atoms with Gasteiger partial charge in [0, 0.05) is 10.7 Å². The Morgan fingerprint density at radius 3 is 2.67 bits per heavy atom. The number of nitrogens with two attached hydrogens (primary N) is 1. The lowest BCUT2D eigenvalue weighted by Gasteiger charge is -2.21. The molecule has 2 nitrogen and oxygen atoms in total. The molecule has 0 aliphatic carbocycles. The van der Waals surface area contributed by atoms with E-state index in [0.717, 1.165) is 4.48 Å². The lowest BCUT2D eigenvalue weighted by atomic mass is 10.3. The van der Waals surface area contributed by atoms with Gasteiger partial charge in [-0.1, -0.05) is 0 Å². The van der Waals surface area contributed by atoms with Gasteiger partial charge >= 0.3 is 0 Å². The minimum absolute atomic E-state index is 0.565. The molecular weight excluding hydrogens is 248 g/mol. The van der Waals surface area contributed by atoms with E-state index in [9.17, 15) is 0 Å². The average Bonchev–Trinajstić information content (AvgIpc) is 1.78. The first-order chi connectivity index (χ1) is 4.10. The van der Waals surface area contributed by atoms with E-state index in [1.165, 1.54) is 0 Å². The predicted octanol–water partition coefficient (Wildman–Crippen LogP) is 1.39. The molecule has 1 atom stereocenters. The fraction of sp³-hybridized carbons (Fsp3) is 0.200. The van der Waals surface area contributed by atoms with Crippen LogP contribution in [-0.4, -0.2) is 4.57 Å². The van der Waals surface area contributed by atoms with Crippen molar-refractivity contribution >= 4 is 31.9 Å². The molecule has 0 aromatic carbocycles. The third kappa shape index (κ3) is 2.12. The summed E-state index contributed by atoms with van der Waals surface area (Å²) in [5.41, 5.74) is 5.59. The first-order valence-electron chi connectivity index (χ1n) is 2.40. The minimum atomic E-state index is -0.565. The standard InChI is InChI=1S/C5H6Br2N2/c6-4-1-2-5(7,8)9-3-4/h1-3,9H,8H2. The number of allylic oxidation sites excluding steroid dienone is 2. The number of halogens is 2. The first kappa shape index (κ1) is 7.31. The summed E-state index contributed by atoms with van der Waals surface area (Å²) in [6, 6.07) is 0. The van der Waals surface area contributed by atoms with Gasteiger partial charge < -0.3 is 5.32 Å². The SMILES string of the molecule is NC1(Br)C=CC(Br)=CN1. The zero-order chi connectivity index (χ0) is 6.91. The zero-order valence-corrected chi connectivity index (χ0v) is 7.74. The van der Waals surface area contributed by atoms with Crippen molar-refractivity contribution in [2.75, 3.05) is 0 Å². The van der Waals surface area contributed by atoms with Gasteiger partial charge in [0.1, 0.15) is 0 Å². The summed E-state index contributed by atoms with van der Waals surface area (Å²) in [5.74, 6) is 0. The third-order valence-electron chi connectivity index (χ3n) is 0.916. The van der Waals surface area contributed by atoms with Gasteiger partial charge in [-0.15, -0.1) is 0 Å². The Morgan fingerprint density at radius 2 is 2.33 bits per heavy atom. The molecule has 1 aliphatic rings. The van der Waals surface area contributed by atoms with Crippen LogP contribution >= 0.6 is 31.9 Å². The van der Waals surface area contributed by atoms with Crippen LogP contribution in [0.5, 0.6) is 0 Å². The van der Waals surface area contributed by atoms with Crippen LogP contribution in [0.15, 0.2) is 22.8 Å². The Kier molecular flexibility index (Phi) is 1.98. The van der Waals surface area contributed by atoms with Gasteiger partial charge in [0.25, 0.3) is 0 Å². The molecular formula is C5H6Br2N2. The topological polar surface area (TPSA) is 38.0 Å². The lowest BCUT2D eigenvalue weighted by molar-refractivity contribution is 0.680. The molecule has 1 rings (SSSR count). The highest BCUT2D eigenvalue weighted by molar-refractivity contribution is 9.12. The van der Waals surface area contributed by atoms with Gasteiger partial charge in [-0.25, -0.2) is 0 Å². The Labute approximate surface area is 70.4 Å². The maximum Gasteiger partial charge on any atom is 0.162 e. The van der Waals surface area contributed by atoms with Gasteiger partial charge in [-0.2, -0.15) is 0 Å². The fourth-order valence-electron chi connectivity index (χ4n) is 0.477. The Balaban J connectivity index is 2.70. The molecule has 0 fully saturated rings. The van der Waals surface area contributed by atoms with Crippen LogP contribution in [-0.2, 0) is 0 Å². The fourth-order valence-corrected chi connectivity index (χ4v) is 0.970. The second kappa shape index (κ2) is 2.44. The van der Waals surface area contributed by atoms with Crippen LogP contribution in [0.25, 0.3) is 0 Å². The van der Waals surface area contributed by atoms with E-state index in [1.807, 2.05) is 12.2 Å². The summed E-state index contributed by atoms with van der Waals surface area (Å²) in [6.07, 6.45) is 5.48. The van der Waals surface area contributed by atoms with E-state index in [2.05, 4.69) is 37.2 Å². The molecule has 1 heterocycles. The van der Waals surface area contributed by atoms with Crippen LogP contribution in [0.4, 0.5) is 0 Å². The normalized spacial score (nSPS) is 33.4. The van der Waals surface area contributed by atoms with Gasteiger partial charge in [0.15, 0.2) is 4.57 Å². The second-order valence-corrected chi connectivity index (χ2v) is 4.00. The molecule has 0 aromatic rings. The number of dihydropyridines is 1. The zero-order valence-electron chi connectivity index (χ0n) is 4.57. The van der Waals surface area contributed by atoms with Crippen LogP contribution < -0.4 is 11.1 Å². The van der Waals surface area contributed by atoms with Gasteiger partial charge in [-0.05, 0) is 44.0 Å². The molecule has 0 spiro atoms. The molecule has 1 aliphatic heterocycles. The van der Waals surface area contributed by atoms with Gasteiger partial charge in [0.05, 0.1) is 0 Å². The van der Waals surface area contributed by atoms with Crippen molar-refractivity contribution in [2.24, 2.45) is 5.73 Å². The van der Waals surface area contributed by atoms with Crippen molar-refractivity contribution in [3.8, 4) is 0 Å². The molecule has 0 aromatic heterocycles. The van der Waals surface area contributed by atoms with Crippen LogP contribution in [0.3, 0.4) is 0 Å². The van der Waals surface area contributed by atoms with Crippen molar-refractivity contribution < 1.29 is 0 Å². The van der Waals surface area contributed by atoms with E-state index in [0.29, 0.717) is 0 Å². The average molecular weight is 254 g/mol. The van der Waals surface area contributed by atoms with E-state index in [4.69, 9.17) is 5.73 Å². The van der Waals surface area contributed by atoms with Crippen molar-refractivity contribution in [2.45, 2.75) is 4.57 Å². The van der Waals surface area contributed by atoms with Gasteiger partial charge in [0.2, 0.25) is 0 Å². The predicted molar refractivity (Wildman–Crippen MR) is 45.1 cm³/mol. The van der Waals surface area contributed by atoms with E-state index in [1.54, 1.807) is 6.20 Å². The highest BCUT2D eigenvalue weighted by atomic mass is 79.9. The van der Waals surface area contributed by atoms with E-state index < -0.39 is 4.57 Å². The van der Waals surface area contributed by atoms with E-state index >= 15 is 0 Å². The van der Waals surface area contributed by atoms with Crippen LogP contribution in [0, 0.1) is 0 Å². The number of rotatable bonds is 0. The van der Waals surface area contributed by atoms with Crippen molar-refractivity contribution in [3.63, 3.8) is 0 Å². The molecule has 0 amide bonds. The highest BCUT2D eigenvalue weighted by Gasteiger charge is 2.16. The smallest absolute Gasteiger partial charge is 0.162 e. The summed E-state index contributed by atoms with van der Waals surface area (Å²) >= 11 is 6.51. The number of hydrogen-bond donors (Lipinski definition) is 2. The summed E-state index contributed by atoms with van der Waals surface area (Å²) in [7, 11) is 0. The number of nitrogens with one attached hydrogen (secondary N) is 1. The molecule has 3 N–H and O–H groups in total. The Morgan fingerprint density at radius 1 is 1.67 bits per heavy atom. The Bertz CT molecular complexity index is 172. The quantitative estimate of drug-likeness (QED) is 0.506. The maximum absolute atomic E-state index is 5.59. The lowest BCUT2D eigenvalue weighted by Crippen LogP contribution is -2.44. The maximum atomic E-state index is 5.59. The third-order valence-corrected chi connectivity index (χ3v) is 1.90. The second-order valence-electron chi connectivity index (χ2n) is 1.77. The number of alkyl halides is 1. The summed E-state index contributed by atoms with van der Waals surface area (Å²) in [6.45, 7) is 0. The van der Waals surface area contributed by atoms with Gasteiger partial charge in [-0.3, -0.25) is 5.73 Å². The molecule has 0 saturated carbocycles. The molecule has 50 valence electrons. The highest BCUT2D eigenvalue weighted by Crippen LogP contribution is 2.17. The van der Waals surface area contributed by atoms with Crippen molar-refractivity contribution in [1.29, 1.82) is 0 Å². The molecule has 0 bridgehead atoms. The minimum Gasteiger partial charge on any atom is -0.360 e. The molecule has 1 unspecified atom stereocenters. The number of hydrogen-bond acceptors (Lipinski definition) is 2. The molecule has 0 saturated heterocycles. The van der Waals surface area contributed by atoms with Crippen molar-refractivity contribution in [3.05, 3.63) is 22.8 Å². The molecule has 9 heavy (non-hydrogen) atoms. The summed E-state index contributed by atoms with van der Waals surface area (Å²) < 4.78 is 0.424. The van der Waals surface area contributed by atoms with Crippen molar-refractivity contribution in [1.82, 2.24) is 5.32 Å². The van der Waals surface area contributed by atoms with Crippen LogP contribution in [0.1, 0.15) is 0 Å².